The summed E-state index contributed by atoms with van der Waals surface area (Å²) in [6.45, 7) is 0.595. The van der Waals surface area contributed by atoms with Crippen LogP contribution in [0.1, 0.15) is 21.5 Å². The van der Waals surface area contributed by atoms with Crippen molar-refractivity contribution in [3.8, 4) is 11.5 Å². The lowest BCUT2D eigenvalue weighted by molar-refractivity contribution is 0.0952. The van der Waals surface area contributed by atoms with Crippen molar-refractivity contribution in [2.45, 2.75) is 6.54 Å². The van der Waals surface area contributed by atoms with E-state index in [1.165, 1.54) is 19.2 Å². The van der Waals surface area contributed by atoms with E-state index in [0.29, 0.717) is 22.3 Å². The van der Waals surface area contributed by atoms with Crippen molar-refractivity contribution in [1.82, 2.24) is 9.99 Å². The number of ether oxygens (including phenoxy) is 1. The Morgan fingerprint density at radius 3 is 2.69 bits per heavy atom. The number of hydrogen-bond donors (Lipinski definition) is 2. The van der Waals surface area contributed by atoms with Gasteiger partial charge in [-0.3, -0.25) is 4.79 Å². The van der Waals surface area contributed by atoms with Gasteiger partial charge in [-0.1, -0.05) is 47.5 Å². The minimum atomic E-state index is -0.527. The van der Waals surface area contributed by atoms with Crippen LogP contribution in [-0.2, 0) is 6.54 Å². The number of methoxy groups -OCH3 is 1. The third-order valence-corrected chi connectivity index (χ3v) is 5.71. The molecule has 0 unspecified atom stereocenters. The SMILES string of the molecule is COc1ccc(C(=O)N/N=C\c2cn(Cc3ccc(Cl)c(Cl)c3)c3ccccc23)c(O)c1. The molecule has 0 aliphatic carbocycles. The molecular weight excluding hydrogens is 449 g/mol. The van der Waals surface area contributed by atoms with Crippen molar-refractivity contribution in [3.63, 3.8) is 0 Å². The van der Waals surface area contributed by atoms with Crippen molar-refractivity contribution in [1.29, 1.82) is 0 Å². The molecule has 0 spiro atoms. The monoisotopic (exact) mass is 467 g/mol. The van der Waals surface area contributed by atoms with E-state index in [1.54, 1.807) is 18.3 Å². The van der Waals surface area contributed by atoms with E-state index in [9.17, 15) is 9.90 Å². The van der Waals surface area contributed by atoms with E-state index in [-0.39, 0.29) is 11.3 Å². The van der Waals surface area contributed by atoms with Gasteiger partial charge in [-0.15, -0.1) is 0 Å². The number of carbonyl (C=O) groups is 1. The summed E-state index contributed by atoms with van der Waals surface area (Å²) in [5.41, 5.74) is 5.41. The molecule has 0 aliphatic rings. The predicted octanol–water partition coefficient (Wildman–Crippen LogP) is 5.47. The number of hydrogen-bond acceptors (Lipinski definition) is 4. The molecule has 8 heteroatoms. The molecule has 0 fully saturated rings. The molecular formula is C24H19Cl2N3O3. The molecule has 1 amide bonds. The molecule has 1 aromatic heterocycles. The standard InChI is InChI=1S/C24H19Cl2N3O3/c1-32-17-7-8-19(23(30)11-17)24(31)28-27-12-16-14-29(22-5-3-2-4-18(16)22)13-15-6-9-20(25)21(26)10-15/h2-12,14,30H,13H2,1H3,(H,28,31)/b27-12-. The van der Waals surface area contributed by atoms with Gasteiger partial charge in [0.25, 0.3) is 5.91 Å². The molecule has 0 saturated carbocycles. The normalized spacial score (nSPS) is 11.2. The van der Waals surface area contributed by atoms with Crippen molar-refractivity contribution in [2.24, 2.45) is 5.10 Å². The van der Waals surface area contributed by atoms with Crippen LogP contribution in [0.15, 0.2) is 72.0 Å². The molecule has 4 aromatic rings. The maximum Gasteiger partial charge on any atom is 0.275 e. The molecule has 0 aliphatic heterocycles. The van der Waals surface area contributed by atoms with Gasteiger partial charge in [0.2, 0.25) is 0 Å². The van der Waals surface area contributed by atoms with Crippen LogP contribution in [0.2, 0.25) is 10.0 Å². The largest absolute Gasteiger partial charge is 0.507 e. The number of rotatable bonds is 6. The number of aromatic hydroxyl groups is 1. The number of nitrogens with one attached hydrogen (secondary N) is 1. The van der Waals surface area contributed by atoms with Gasteiger partial charge < -0.3 is 14.4 Å². The summed E-state index contributed by atoms with van der Waals surface area (Å²) < 4.78 is 7.11. The Balaban J connectivity index is 1.56. The van der Waals surface area contributed by atoms with Crippen LogP contribution in [0.5, 0.6) is 11.5 Å². The maximum absolute atomic E-state index is 12.4. The summed E-state index contributed by atoms with van der Waals surface area (Å²) in [4.78, 5) is 12.4. The maximum atomic E-state index is 12.4. The minimum absolute atomic E-state index is 0.102. The Morgan fingerprint density at radius 2 is 1.94 bits per heavy atom. The minimum Gasteiger partial charge on any atom is -0.507 e. The topological polar surface area (TPSA) is 75.8 Å². The summed E-state index contributed by atoms with van der Waals surface area (Å²) in [6.07, 6.45) is 3.53. The first-order chi connectivity index (χ1) is 15.5. The molecule has 32 heavy (non-hydrogen) atoms. The molecule has 2 N–H and O–H groups in total. The highest BCUT2D eigenvalue weighted by molar-refractivity contribution is 6.42. The smallest absolute Gasteiger partial charge is 0.275 e. The quantitative estimate of drug-likeness (QED) is 0.291. The zero-order valence-corrected chi connectivity index (χ0v) is 18.6. The lowest BCUT2D eigenvalue weighted by atomic mass is 10.2. The second-order valence-electron chi connectivity index (χ2n) is 7.06. The number of fused-ring (bicyclic) bond motifs is 1. The second-order valence-corrected chi connectivity index (χ2v) is 7.87. The number of aromatic nitrogens is 1. The average Bonchev–Trinajstić information content (AvgIpc) is 3.13. The summed E-state index contributed by atoms with van der Waals surface area (Å²) in [6, 6.07) is 17.9. The van der Waals surface area contributed by atoms with Crippen LogP contribution < -0.4 is 10.2 Å². The Hall–Kier alpha value is -3.48. The van der Waals surface area contributed by atoms with E-state index in [0.717, 1.165) is 22.0 Å². The van der Waals surface area contributed by atoms with Crippen LogP contribution in [0.25, 0.3) is 10.9 Å². The van der Waals surface area contributed by atoms with Crippen LogP contribution in [0.3, 0.4) is 0 Å². The van der Waals surface area contributed by atoms with Gasteiger partial charge in [0.15, 0.2) is 0 Å². The summed E-state index contributed by atoms with van der Waals surface area (Å²) in [5.74, 6) is -0.256. The van der Waals surface area contributed by atoms with Crippen LogP contribution >= 0.6 is 23.2 Å². The van der Waals surface area contributed by atoms with Gasteiger partial charge in [-0.2, -0.15) is 5.10 Å². The van der Waals surface area contributed by atoms with Crippen molar-refractivity contribution in [3.05, 3.63) is 93.6 Å². The molecule has 4 rings (SSSR count). The van der Waals surface area contributed by atoms with Gasteiger partial charge in [0.05, 0.1) is 28.9 Å². The van der Waals surface area contributed by atoms with Crippen LogP contribution in [0.4, 0.5) is 0 Å². The van der Waals surface area contributed by atoms with Gasteiger partial charge in [0, 0.05) is 35.3 Å². The molecule has 162 valence electrons. The fourth-order valence-electron chi connectivity index (χ4n) is 3.39. The molecule has 0 bridgehead atoms. The number of hydrazone groups is 1. The summed E-state index contributed by atoms with van der Waals surface area (Å²) in [5, 5.41) is 16.1. The third kappa shape index (κ3) is 4.56. The van der Waals surface area contributed by atoms with E-state index in [1.807, 2.05) is 42.6 Å². The number of phenolic OH excluding ortho intramolecular Hbond substituents is 1. The molecule has 3 aromatic carbocycles. The number of nitrogens with zero attached hydrogens (tertiary/aromatic N) is 2. The van der Waals surface area contributed by atoms with Gasteiger partial charge >= 0.3 is 0 Å². The lowest BCUT2D eigenvalue weighted by Crippen LogP contribution is -2.17. The van der Waals surface area contributed by atoms with Crippen molar-refractivity contribution < 1.29 is 14.6 Å². The number of phenols is 1. The Bertz CT molecular complexity index is 1330. The van der Waals surface area contributed by atoms with Gasteiger partial charge in [0.1, 0.15) is 11.5 Å². The first-order valence-electron chi connectivity index (χ1n) is 9.68. The fraction of sp³-hybridized carbons (Fsp3) is 0.0833. The van der Waals surface area contributed by atoms with E-state index >= 15 is 0 Å². The van der Waals surface area contributed by atoms with Crippen molar-refractivity contribution in [2.75, 3.05) is 7.11 Å². The highest BCUT2D eigenvalue weighted by atomic mass is 35.5. The molecule has 1 heterocycles. The van der Waals surface area contributed by atoms with Gasteiger partial charge in [-0.05, 0) is 35.9 Å². The average molecular weight is 468 g/mol. The zero-order valence-electron chi connectivity index (χ0n) is 17.0. The number of benzene rings is 3. The Kier molecular flexibility index (Phi) is 6.35. The van der Waals surface area contributed by atoms with Crippen LogP contribution in [0, 0.1) is 0 Å². The Labute approximate surface area is 194 Å². The fourth-order valence-corrected chi connectivity index (χ4v) is 3.72. The first kappa shape index (κ1) is 21.7. The number of amides is 1. The first-order valence-corrected chi connectivity index (χ1v) is 10.4. The molecule has 0 radical (unpaired) electrons. The highest BCUT2D eigenvalue weighted by Crippen LogP contribution is 2.26. The zero-order chi connectivity index (χ0) is 22.7. The van der Waals surface area contributed by atoms with Crippen molar-refractivity contribution >= 4 is 46.2 Å². The number of carbonyl (C=O) groups excluding carboxylic acids is 1. The third-order valence-electron chi connectivity index (χ3n) is 4.98. The summed E-state index contributed by atoms with van der Waals surface area (Å²) in [7, 11) is 1.48. The second kappa shape index (κ2) is 9.34. The highest BCUT2D eigenvalue weighted by Gasteiger charge is 2.12. The molecule has 6 nitrogen and oxygen atoms in total. The molecule has 0 atom stereocenters. The Morgan fingerprint density at radius 1 is 1.12 bits per heavy atom. The van der Waals surface area contributed by atoms with Crippen LogP contribution in [-0.4, -0.2) is 28.9 Å². The van der Waals surface area contributed by atoms with E-state index in [4.69, 9.17) is 27.9 Å². The lowest BCUT2D eigenvalue weighted by Gasteiger charge is -2.06. The number of halogens is 2. The van der Waals surface area contributed by atoms with E-state index in [2.05, 4.69) is 15.1 Å². The van der Waals surface area contributed by atoms with Gasteiger partial charge in [-0.25, -0.2) is 5.43 Å². The number of para-hydroxylation sites is 1. The molecule has 0 saturated heterocycles. The van der Waals surface area contributed by atoms with E-state index < -0.39 is 5.91 Å². The predicted molar refractivity (Wildman–Crippen MR) is 127 cm³/mol. The summed E-state index contributed by atoms with van der Waals surface area (Å²) >= 11 is 12.2.